The molecule has 0 saturated carbocycles. The van der Waals surface area contributed by atoms with Crippen LogP contribution in [0.2, 0.25) is 0 Å². The Morgan fingerprint density at radius 1 is 0.194 bits per heavy atom. The van der Waals surface area contributed by atoms with Gasteiger partial charge in [0.2, 0.25) is 0 Å². The molecule has 0 bridgehead atoms. The maximum absolute atomic E-state index is 8.81. The van der Waals surface area contributed by atoms with Gasteiger partial charge in [-0.1, -0.05) is 243 Å². The second-order valence-corrected chi connectivity index (χ2v) is 26.5. The topological polar surface area (TPSA) is 36.9 Å². The van der Waals surface area contributed by atoms with E-state index in [4.69, 9.17) is 17.7 Å². The molecule has 10 aromatic carbocycles. The Balaban J connectivity index is 1.30. The van der Waals surface area contributed by atoms with Gasteiger partial charge in [-0.15, -0.1) is 0 Å². The van der Waals surface area contributed by atoms with Crippen LogP contribution in [-0.2, 0) is 8.23 Å². The number of para-hydroxylation sites is 2. The summed E-state index contributed by atoms with van der Waals surface area (Å²) in [6.07, 6.45) is 0. The van der Waals surface area contributed by atoms with Crippen LogP contribution < -0.4 is 51.0 Å². The normalized spacial score (nSPS) is 11.7. The van der Waals surface area contributed by atoms with E-state index < -0.39 is 25.2 Å². The van der Waals surface area contributed by atoms with Crippen molar-refractivity contribution in [3.05, 3.63) is 291 Å². The van der Waals surface area contributed by atoms with Crippen molar-refractivity contribution >= 4 is 66.7 Å². The minimum atomic E-state index is -4.06. The summed E-state index contributed by atoms with van der Waals surface area (Å²) >= 11 is 0. The molecule has 0 spiro atoms. The second-order valence-electron chi connectivity index (χ2n) is 16.3. The number of benzene rings is 10. The largest absolute Gasteiger partial charge is 0.457 e. The molecular formula is C60H48O4Si3. The van der Waals surface area contributed by atoms with Crippen LogP contribution in [0.15, 0.2) is 291 Å². The summed E-state index contributed by atoms with van der Waals surface area (Å²) in [6.45, 7) is 0. The molecule has 0 heterocycles. The summed E-state index contributed by atoms with van der Waals surface area (Å²) in [5, 5.41) is 8.34. The minimum absolute atomic E-state index is 0.719. The van der Waals surface area contributed by atoms with Gasteiger partial charge in [-0.3, -0.25) is 0 Å². The van der Waals surface area contributed by atoms with Crippen molar-refractivity contribution in [1.82, 2.24) is 0 Å². The van der Waals surface area contributed by atoms with Gasteiger partial charge in [-0.05, 0) is 90.0 Å². The van der Waals surface area contributed by atoms with Gasteiger partial charge in [0.05, 0.1) is 0 Å². The minimum Gasteiger partial charge on any atom is -0.457 e. The molecule has 0 unspecified atom stereocenters. The number of hydrogen-bond donors (Lipinski definition) is 0. The molecule has 0 N–H and O–H groups in total. The summed E-state index contributed by atoms with van der Waals surface area (Å²) in [4.78, 5) is 0. The number of rotatable bonds is 16. The van der Waals surface area contributed by atoms with E-state index in [0.717, 1.165) is 64.5 Å². The van der Waals surface area contributed by atoms with Crippen LogP contribution in [0.5, 0.6) is 23.0 Å². The zero-order valence-electron chi connectivity index (χ0n) is 36.8. The van der Waals surface area contributed by atoms with Crippen LogP contribution in [0.3, 0.4) is 0 Å². The van der Waals surface area contributed by atoms with E-state index in [0.29, 0.717) is 0 Å². The molecule has 0 aliphatic rings. The highest BCUT2D eigenvalue weighted by Gasteiger charge is 2.59. The second kappa shape index (κ2) is 19.9. The lowest BCUT2D eigenvalue weighted by Crippen LogP contribution is -2.83. The fraction of sp³-hybridized carbons (Fsp3) is 0. The Bertz CT molecular complexity index is 2820. The van der Waals surface area contributed by atoms with Crippen LogP contribution in [0.1, 0.15) is 0 Å². The molecule has 10 rings (SSSR count). The third kappa shape index (κ3) is 8.90. The van der Waals surface area contributed by atoms with E-state index in [1.807, 2.05) is 72.8 Å². The van der Waals surface area contributed by atoms with Crippen LogP contribution in [-0.4, -0.2) is 25.2 Å². The summed E-state index contributed by atoms with van der Waals surface area (Å²) in [5.41, 5.74) is 0. The maximum atomic E-state index is 8.81. The van der Waals surface area contributed by atoms with E-state index in [1.165, 1.54) is 0 Å². The first-order chi connectivity index (χ1) is 33.2. The predicted octanol–water partition coefficient (Wildman–Crippen LogP) is 9.20. The lowest BCUT2D eigenvalue weighted by molar-refractivity contribution is 0.429. The molecule has 0 fully saturated rings. The van der Waals surface area contributed by atoms with E-state index >= 15 is 0 Å². The predicted molar refractivity (Wildman–Crippen MR) is 281 cm³/mol. The van der Waals surface area contributed by atoms with Crippen molar-refractivity contribution in [2.24, 2.45) is 0 Å². The van der Waals surface area contributed by atoms with Gasteiger partial charge in [0.15, 0.2) is 0 Å². The van der Waals surface area contributed by atoms with Crippen LogP contribution >= 0.6 is 0 Å². The monoisotopic (exact) mass is 916 g/mol. The molecule has 7 heteroatoms. The highest BCUT2D eigenvalue weighted by atomic mass is 28.5. The van der Waals surface area contributed by atoms with E-state index in [2.05, 4.69) is 218 Å². The SMILES string of the molecule is c1ccc(Oc2cccc([Si](O[Si](O[Si](c3ccccc3)(c3ccccc3)c3cccc(Oc4ccccc4)c3)(c3ccccc3)c3ccccc3)(c3ccccc3)c3ccccc3)c2)cc1. The summed E-state index contributed by atoms with van der Waals surface area (Å²) < 4.78 is 30.9. The molecule has 0 saturated heterocycles. The van der Waals surface area contributed by atoms with Crippen molar-refractivity contribution in [2.45, 2.75) is 0 Å². The molecule has 0 aliphatic carbocycles. The first-order valence-electron chi connectivity index (χ1n) is 22.6. The van der Waals surface area contributed by atoms with Crippen LogP contribution in [0.25, 0.3) is 0 Å². The molecule has 10 aromatic rings. The molecule has 67 heavy (non-hydrogen) atoms. The average Bonchev–Trinajstić information content (AvgIpc) is 3.41. The Kier molecular flexibility index (Phi) is 12.8. The number of hydrogen-bond acceptors (Lipinski definition) is 4. The highest BCUT2D eigenvalue weighted by Crippen LogP contribution is 2.28. The first kappa shape index (κ1) is 43.3. The van der Waals surface area contributed by atoms with Crippen LogP contribution in [0, 0.1) is 0 Å². The number of ether oxygens (including phenoxy) is 2. The lowest BCUT2D eigenvalue weighted by Gasteiger charge is -2.47. The van der Waals surface area contributed by atoms with Gasteiger partial charge in [0.25, 0.3) is 16.6 Å². The Hall–Kier alpha value is -7.63. The molecule has 0 aromatic heterocycles. The molecule has 0 aliphatic heterocycles. The third-order valence-electron chi connectivity index (χ3n) is 12.1. The molecule has 0 radical (unpaired) electrons. The summed E-state index contributed by atoms with van der Waals surface area (Å²) in [7, 11) is -11.4. The molecular weight excluding hydrogens is 869 g/mol. The Morgan fingerprint density at radius 2 is 0.418 bits per heavy atom. The van der Waals surface area contributed by atoms with Gasteiger partial charge >= 0.3 is 8.56 Å². The quantitative estimate of drug-likeness (QED) is 0.0717. The lowest BCUT2D eigenvalue weighted by atomic mass is 10.3. The fourth-order valence-electron chi connectivity index (χ4n) is 9.02. The highest BCUT2D eigenvalue weighted by molar-refractivity contribution is 7.18. The fourth-order valence-corrected chi connectivity index (χ4v) is 25.3. The smallest absolute Gasteiger partial charge is 0.387 e. The molecule has 324 valence electrons. The standard InChI is InChI=1S/C60H48O4Si3/c1-9-27-49(28-10-1)61-51-31-25-45-59(47-51)65(53-33-13-3-14-34-53,54-35-15-4-16-36-54)63-67(57-41-21-7-22-42-57,58-43-23-8-24-44-58)64-66(55-37-17-5-18-38-55,56-39-19-6-20-40-56)60-46-26-32-52(48-60)62-50-29-11-2-12-30-50/h1-48H. The zero-order valence-corrected chi connectivity index (χ0v) is 39.8. The van der Waals surface area contributed by atoms with Crippen molar-refractivity contribution in [1.29, 1.82) is 0 Å². The zero-order chi connectivity index (χ0) is 45.2. The molecule has 4 nitrogen and oxygen atoms in total. The van der Waals surface area contributed by atoms with Crippen molar-refractivity contribution in [3.63, 3.8) is 0 Å². The van der Waals surface area contributed by atoms with Crippen LogP contribution in [0.4, 0.5) is 0 Å². The summed E-state index contributed by atoms with van der Waals surface area (Å²) in [6, 6.07) is 101. The maximum Gasteiger partial charge on any atom is 0.387 e. The van der Waals surface area contributed by atoms with Gasteiger partial charge in [0, 0.05) is 0 Å². The van der Waals surface area contributed by atoms with Gasteiger partial charge < -0.3 is 17.7 Å². The Labute approximate surface area is 396 Å². The van der Waals surface area contributed by atoms with Gasteiger partial charge in [0.1, 0.15) is 23.0 Å². The average molecular weight is 917 g/mol. The van der Waals surface area contributed by atoms with Crippen molar-refractivity contribution in [2.75, 3.05) is 0 Å². The van der Waals surface area contributed by atoms with Crippen molar-refractivity contribution in [3.8, 4) is 23.0 Å². The molecule has 0 atom stereocenters. The first-order valence-corrected chi connectivity index (χ1v) is 28.2. The summed E-state index contributed by atoms with van der Waals surface area (Å²) in [5.74, 6) is 2.95. The van der Waals surface area contributed by atoms with Gasteiger partial charge in [-0.2, -0.15) is 0 Å². The van der Waals surface area contributed by atoms with E-state index in [-0.39, 0.29) is 0 Å². The van der Waals surface area contributed by atoms with Crippen molar-refractivity contribution < 1.29 is 17.7 Å². The van der Waals surface area contributed by atoms with Gasteiger partial charge in [-0.25, -0.2) is 0 Å². The third-order valence-corrected chi connectivity index (χ3v) is 25.8. The van der Waals surface area contributed by atoms with E-state index in [9.17, 15) is 0 Å². The Morgan fingerprint density at radius 3 is 0.701 bits per heavy atom. The molecule has 0 amide bonds. The van der Waals surface area contributed by atoms with E-state index in [1.54, 1.807) is 0 Å².